The maximum Gasteiger partial charge on any atom is 0.306 e. The number of phosphoric ester groups is 1. The summed E-state index contributed by atoms with van der Waals surface area (Å²) in [4.78, 5) is 37.8. The maximum absolute atomic E-state index is 12.8. The van der Waals surface area contributed by atoms with Crippen LogP contribution in [-0.4, -0.2) is 70.0 Å². The molecular weight excluding hydrogens is 942 g/mol. The third-order valence-electron chi connectivity index (χ3n) is 14.1. The van der Waals surface area contributed by atoms with Crippen molar-refractivity contribution in [3.63, 3.8) is 0 Å². The summed E-state index contributed by atoms with van der Waals surface area (Å²) in [6.07, 6.45) is 69.4. The van der Waals surface area contributed by atoms with Gasteiger partial charge in [-0.3, -0.25) is 14.2 Å². The third kappa shape index (κ3) is 59.5. The van der Waals surface area contributed by atoms with E-state index >= 15 is 0 Å². The van der Waals surface area contributed by atoms with Gasteiger partial charge in [-0.2, -0.15) is 0 Å². The van der Waals surface area contributed by atoms with Crippen LogP contribution in [0.3, 0.4) is 0 Å². The van der Waals surface area contributed by atoms with Gasteiger partial charge in [0, 0.05) is 12.8 Å². The molecule has 436 valence electrons. The number of esters is 2. The second-order valence-corrected chi connectivity index (χ2v) is 24.2. The van der Waals surface area contributed by atoms with Gasteiger partial charge in [0.1, 0.15) is 19.8 Å². The summed E-state index contributed by atoms with van der Waals surface area (Å²) in [6.45, 7) is 4.23. The van der Waals surface area contributed by atoms with E-state index < -0.39 is 26.5 Å². The molecule has 0 saturated carbocycles. The number of allylic oxidation sites excluding steroid dienone is 6. The SMILES string of the molecule is CCCCC/C=C\C/C=C\CCCCCCCC(=O)OC(COC(=O)CCCCCCCCCCCCCCCCCCCCCCCCC/C=C\CCCCCCCCCC)COP(=O)([O-])OCC[N+](C)(C)C. The van der Waals surface area contributed by atoms with Gasteiger partial charge in [0.15, 0.2) is 6.10 Å². The molecule has 9 nitrogen and oxygen atoms in total. The van der Waals surface area contributed by atoms with Crippen molar-refractivity contribution < 1.29 is 42.1 Å². The molecule has 0 amide bonds. The molecular formula is C64H122NO8P. The second-order valence-electron chi connectivity index (χ2n) is 22.8. The first-order valence-corrected chi connectivity index (χ1v) is 33.2. The van der Waals surface area contributed by atoms with Gasteiger partial charge in [0.25, 0.3) is 7.82 Å². The van der Waals surface area contributed by atoms with E-state index in [4.69, 9.17) is 18.5 Å². The molecule has 0 fully saturated rings. The zero-order chi connectivity index (χ0) is 54.2. The molecule has 74 heavy (non-hydrogen) atoms. The van der Waals surface area contributed by atoms with Crippen molar-refractivity contribution in [1.82, 2.24) is 0 Å². The van der Waals surface area contributed by atoms with E-state index in [-0.39, 0.29) is 32.0 Å². The van der Waals surface area contributed by atoms with Gasteiger partial charge in [0.2, 0.25) is 0 Å². The third-order valence-corrected chi connectivity index (χ3v) is 15.1. The number of rotatable bonds is 59. The molecule has 2 atom stereocenters. The topological polar surface area (TPSA) is 111 Å². The molecule has 0 rings (SSSR count). The Balaban J connectivity index is 3.93. The fourth-order valence-corrected chi connectivity index (χ4v) is 9.94. The molecule has 0 aliphatic rings. The normalized spacial score (nSPS) is 13.4. The van der Waals surface area contributed by atoms with E-state index in [0.717, 1.165) is 57.8 Å². The minimum atomic E-state index is -4.64. The molecule has 0 bridgehead atoms. The Kier molecular flexibility index (Phi) is 54.6. The molecule has 0 spiro atoms. The molecule has 2 unspecified atom stereocenters. The van der Waals surface area contributed by atoms with Crippen LogP contribution in [0.2, 0.25) is 0 Å². The summed E-state index contributed by atoms with van der Waals surface area (Å²) in [5.74, 6) is -0.837. The first-order chi connectivity index (χ1) is 36.0. The zero-order valence-corrected chi connectivity index (χ0v) is 50.5. The molecule has 0 saturated heterocycles. The number of nitrogens with zero attached hydrogens (tertiary/aromatic N) is 1. The van der Waals surface area contributed by atoms with E-state index in [0.29, 0.717) is 17.4 Å². The lowest BCUT2D eigenvalue weighted by molar-refractivity contribution is -0.870. The van der Waals surface area contributed by atoms with Crippen molar-refractivity contribution >= 4 is 19.8 Å². The quantitative estimate of drug-likeness (QED) is 0.0195. The average molecular weight is 1060 g/mol. The highest BCUT2D eigenvalue weighted by atomic mass is 31.2. The molecule has 0 aromatic carbocycles. The Labute approximate surface area is 459 Å². The predicted octanol–water partition coefficient (Wildman–Crippen LogP) is 19.3. The summed E-state index contributed by atoms with van der Waals surface area (Å²) in [5.41, 5.74) is 0. The van der Waals surface area contributed by atoms with E-state index in [1.165, 1.54) is 218 Å². The van der Waals surface area contributed by atoms with E-state index in [2.05, 4.69) is 50.3 Å². The van der Waals surface area contributed by atoms with Crippen molar-refractivity contribution in [2.75, 3.05) is 47.5 Å². The van der Waals surface area contributed by atoms with Gasteiger partial charge in [0.05, 0.1) is 27.7 Å². The molecule has 0 aromatic heterocycles. The lowest BCUT2D eigenvalue weighted by Gasteiger charge is -2.28. The highest BCUT2D eigenvalue weighted by molar-refractivity contribution is 7.45. The molecule has 0 aliphatic heterocycles. The Hall–Kier alpha value is -1.77. The number of phosphoric acid groups is 1. The number of ether oxygens (including phenoxy) is 2. The Bertz CT molecular complexity index is 1340. The van der Waals surface area contributed by atoms with Crippen molar-refractivity contribution in [2.45, 2.75) is 315 Å². The van der Waals surface area contributed by atoms with Gasteiger partial charge >= 0.3 is 11.9 Å². The number of quaternary nitrogens is 1. The summed E-state index contributed by atoms with van der Waals surface area (Å²) < 4.78 is 34.1. The van der Waals surface area contributed by atoms with Gasteiger partial charge < -0.3 is 27.9 Å². The van der Waals surface area contributed by atoms with Crippen molar-refractivity contribution in [3.05, 3.63) is 36.5 Å². The van der Waals surface area contributed by atoms with Gasteiger partial charge in [-0.1, -0.05) is 262 Å². The first-order valence-electron chi connectivity index (χ1n) is 31.7. The standard InChI is InChI=1S/C64H122NO8P/c1-6-8-10-12-14-16-18-20-22-23-24-25-26-27-28-29-30-31-32-33-34-35-36-37-38-39-40-41-43-44-46-48-50-52-54-56-63(66)70-60-62(61-72-74(68,69)71-59-58-65(3,4)5)73-64(67)57-55-53-51-49-47-45-42-21-19-17-15-13-11-9-7-2/h15,17,21,23-24,42,62H,6-14,16,18-20,22,25-41,43-61H2,1-5H3/b17-15-,24-23-,42-21-. The van der Waals surface area contributed by atoms with Crippen LogP contribution in [0, 0.1) is 0 Å². The number of carbonyl (C=O) groups is 2. The first kappa shape index (κ1) is 72.2. The van der Waals surface area contributed by atoms with Crippen LogP contribution in [0.1, 0.15) is 309 Å². The lowest BCUT2D eigenvalue weighted by Crippen LogP contribution is -2.37. The maximum atomic E-state index is 12.8. The molecule has 0 heterocycles. The minimum Gasteiger partial charge on any atom is -0.756 e. The smallest absolute Gasteiger partial charge is 0.306 e. The average Bonchev–Trinajstić information content (AvgIpc) is 3.36. The molecule has 0 aromatic rings. The number of carbonyl (C=O) groups excluding carboxylic acids is 2. The summed E-state index contributed by atoms with van der Waals surface area (Å²) in [7, 11) is 1.17. The van der Waals surface area contributed by atoms with Crippen LogP contribution in [-0.2, 0) is 32.7 Å². The lowest BCUT2D eigenvalue weighted by atomic mass is 10.0. The number of hydrogen-bond acceptors (Lipinski definition) is 8. The Morgan fingerprint density at radius 1 is 0.419 bits per heavy atom. The van der Waals surface area contributed by atoms with Crippen LogP contribution in [0.5, 0.6) is 0 Å². The van der Waals surface area contributed by atoms with Gasteiger partial charge in [-0.25, -0.2) is 0 Å². The van der Waals surface area contributed by atoms with Crippen LogP contribution >= 0.6 is 7.82 Å². The number of unbranched alkanes of at least 4 members (excludes halogenated alkanes) is 39. The van der Waals surface area contributed by atoms with Gasteiger partial charge in [-0.05, 0) is 70.6 Å². The molecule has 0 N–H and O–H groups in total. The van der Waals surface area contributed by atoms with Crippen molar-refractivity contribution in [1.29, 1.82) is 0 Å². The van der Waals surface area contributed by atoms with Crippen molar-refractivity contribution in [2.24, 2.45) is 0 Å². The van der Waals surface area contributed by atoms with Gasteiger partial charge in [-0.15, -0.1) is 0 Å². The molecule has 0 aliphatic carbocycles. The minimum absolute atomic E-state index is 0.0322. The fraction of sp³-hybridized carbons (Fsp3) is 0.875. The zero-order valence-electron chi connectivity index (χ0n) is 49.6. The molecule has 10 heteroatoms. The number of likely N-dealkylation sites (N-methyl/N-ethyl adjacent to an activating group) is 1. The van der Waals surface area contributed by atoms with E-state index in [9.17, 15) is 19.0 Å². The Morgan fingerprint density at radius 2 is 0.730 bits per heavy atom. The van der Waals surface area contributed by atoms with Crippen LogP contribution in [0.4, 0.5) is 0 Å². The largest absolute Gasteiger partial charge is 0.756 e. The van der Waals surface area contributed by atoms with Crippen LogP contribution in [0.15, 0.2) is 36.5 Å². The molecule has 0 radical (unpaired) electrons. The van der Waals surface area contributed by atoms with Crippen LogP contribution < -0.4 is 4.89 Å². The second kappa shape index (κ2) is 56.0. The Morgan fingerprint density at radius 3 is 1.11 bits per heavy atom. The van der Waals surface area contributed by atoms with E-state index in [1.54, 1.807) is 0 Å². The highest BCUT2D eigenvalue weighted by Crippen LogP contribution is 2.38. The summed E-state index contributed by atoms with van der Waals surface area (Å²) in [5, 5.41) is 0. The monoisotopic (exact) mass is 1060 g/mol. The van der Waals surface area contributed by atoms with E-state index in [1.807, 2.05) is 21.1 Å². The fourth-order valence-electron chi connectivity index (χ4n) is 9.21. The highest BCUT2D eigenvalue weighted by Gasteiger charge is 2.22. The number of hydrogen-bond donors (Lipinski definition) is 0. The predicted molar refractivity (Wildman–Crippen MR) is 314 cm³/mol. The summed E-state index contributed by atoms with van der Waals surface area (Å²) in [6, 6.07) is 0. The summed E-state index contributed by atoms with van der Waals surface area (Å²) >= 11 is 0. The van der Waals surface area contributed by atoms with Crippen LogP contribution in [0.25, 0.3) is 0 Å². The van der Waals surface area contributed by atoms with Crippen molar-refractivity contribution in [3.8, 4) is 0 Å².